The fourth-order valence-corrected chi connectivity index (χ4v) is 3.12. The van der Waals surface area contributed by atoms with Crippen LogP contribution >= 0.6 is 31.9 Å². The maximum Gasteiger partial charge on any atom is 0.157 e. The number of rotatable bonds is 13. The van der Waals surface area contributed by atoms with E-state index in [4.69, 9.17) is 53.3 Å². The monoisotopic (exact) mass is 515 g/mol. The van der Waals surface area contributed by atoms with Crippen molar-refractivity contribution in [1.82, 2.24) is 0 Å². The van der Waals surface area contributed by atoms with Gasteiger partial charge >= 0.3 is 0 Å². The van der Waals surface area contributed by atoms with Crippen LogP contribution < -0.4 is 0 Å². The first kappa shape index (κ1) is 32.6. The van der Waals surface area contributed by atoms with Crippen molar-refractivity contribution in [3.63, 3.8) is 0 Å². The van der Waals surface area contributed by atoms with E-state index < -0.39 is 12.8 Å². The lowest BCUT2D eigenvalue weighted by Crippen LogP contribution is -2.55. The van der Waals surface area contributed by atoms with Crippen molar-refractivity contribution < 1.29 is 14.6 Å². The molecule has 1 unspecified atom stereocenters. The number of alkyl halides is 2. The SMILES string of the molecule is BrCCCCCOC1CCCCO1.OCCCCCBr.[B][B]B(B([B])[B])B([B])[B]. The highest BCUT2D eigenvalue weighted by atomic mass is 79.9. The van der Waals surface area contributed by atoms with E-state index in [1.54, 1.807) is 0 Å². The second-order valence-corrected chi connectivity index (χ2v) is 8.40. The number of aliphatic hydroxyl groups excluding tert-OH is 1. The molecule has 149 valence electrons. The molecule has 0 saturated carbocycles. The molecule has 1 aliphatic heterocycles. The van der Waals surface area contributed by atoms with E-state index >= 15 is 0 Å². The summed E-state index contributed by atoms with van der Waals surface area (Å²) in [7, 11) is 27.5. The van der Waals surface area contributed by atoms with Gasteiger partial charge in [0.25, 0.3) is 0 Å². The summed E-state index contributed by atoms with van der Waals surface area (Å²) in [5.74, 6) is 0. The first-order valence-corrected chi connectivity index (χ1v) is 12.7. The standard InChI is InChI=1S/C10H19BrO2.C5H11BrO.B9/c11-7-3-1-4-8-12-10-6-2-5-9-13-10;6-4-2-1-3-5-7;1-6-9(7(2)3)8(4)5/h10H,1-9H2;7H,1-5H2;. The van der Waals surface area contributed by atoms with Crippen molar-refractivity contribution in [2.24, 2.45) is 0 Å². The minimum absolute atomic E-state index is 0.0951. The molecular weight excluding hydrogens is 485 g/mol. The highest BCUT2D eigenvalue weighted by Gasteiger charge is 2.18. The summed E-state index contributed by atoms with van der Waals surface area (Å²) >= 11 is 6.71. The zero-order valence-electron chi connectivity index (χ0n) is 17.7. The van der Waals surface area contributed by atoms with Gasteiger partial charge in [-0.3, -0.25) is 0 Å². The molecular formula is C15H30B9Br2O3. The van der Waals surface area contributed by atoms with Crippen molar-refractivity contribution in [3.8, 4) is 0 Å². The fraction of sp³-hybridized carbons (Fsp3) is 1.00. The maximum absolute atomic E-state index is 8.28. The molecule has 0 aromatic carbocycles. The van der Waals surface area contributed by atoms with Crippen LogP contribution in [0.1, 0.15) is 57.8 Å². The Morgan fingerprint density at radius 1 is 0.931 bits per heavy atom. The van der Waals surface area contributed by atoms with Crippen LogP contribution in [-0.2, 0) is 9.47 Å². The smallest absolute Gasteiger partial charge is 0.157 e. The molecule has 3 nitrogen and oxygen atoms in total. The van der Waals surface area contributed by atoms with Crippen LogP contribution in [0.4, 0.5) is 0 Å². The molecule has 1 rings (SSSR count). The third-order valence-corrected chi connectivity index (χ3v) is 5.24. The molecule has 29 heavy (non-hydrogen) atoms. The Labute approximate surface area is 205 Å². The quantitative estimate of drug-likeness (QED) is 0.228. The first-order valence-electron chi connectivity index (χ1n) is 10.5. The number of aliphatic hydroxyl groups is 1. The molecule has 1 heterocycles. The lowest BCUT2D eigenvalue weighted by molar-refractivity contribution is -0.162. The third kappa shape index (κ3) is 23.9. The van der Waals surface area contributed by atoms with Crippen LogP contribution in [0.25, 0.3) is 0 Å². The van der Waals surface area contributed by atoms with Gasteiger partial charge in [0.05, 0.1) is 0 Å². The molecule has 0 spiro atoms. The Bertz CT molecular complexity index is 307. The molecule has 1 fully saturated rings. The van der Waals surface area contributed by atoms with Gasteiger partial charge in [0.2, 0.25) is 0 Å². The summed E-state index contributed by atoms with van der Waals surface area (Å²) in [6.45, 7) is 2.08. The predicted octanol–water partition coefficient (Wildman–Crippen LogP) is 1.21. The molecule has 0 aromatic heterocycles. The Kier molecular flexibility index (Phi) is 28.9. The minimum atomic E-state index is -0.574. The summed E-state index contributed by atoms with van der Waals surface area (Å²) in [6.07, 6.45) is 9.09. The van der Waals surface area contributed by atoms with E-state index in [1.807, 2.05) is 0 Å². The Morgan fingerprint density at radius 3 is 1.90 bits per heavy atom. The average molecular weight is 516 g/mol. The second kappa shape index (κ2) is 25.7. The molecule has 0 aromatic rings. The fourth-order valence-electron chi connectivity index (χ4n) is 2.33. The van der Waals surface area contributed by atoms with E-state index in [2.05, 4.69) is 31.9 Å². The lowest BCUT2D eigenvalue weighted by atomic mass is 8.64. The summed E-state index contributed by atoms with van der Waals surface area (Å²) in [4.78, 5) is 0. The predicted molar refractivity (Wildman–Crippen MR) is 144 cm³/mol. The zero-order chi connectivity index (χ0) is 22.3. The second-order valence-electron chi connectivity index (χ2n) is 6.81. The number of hydrogen-bond acceptors (Lipinski definition) is 3. The van der Waals surface area contributed by atoms with Gasteiger partial charge in [0.15, 0.2) is 6.29 Å². The van der Waals surface area contributed by atoms with Crippen LogP contribution in [0, 0.1) is 0 Å². The first-order chi connectivity index (χ1) is 13.9. The van der Waals surface area contributed by atoms with Crippen molar-refractivity contribution >= 4 is 96.8 Å². The number of unbranched alkanes of at least 4 members (excludes halogenated alkanes) is 4. The van der Waals surface area contributed by atoms with E-state index in [-0.39, 0.29) is 12.7 Å². The van der Waals surface area contributed by atoms with Crippen LogP contribution in [0.2, 0.25) is 0 Å². The summed E-state index contributed by atoms with van der Waals surface area (Å²) in [6, 6.07) is 0. The van der Waals surface area contributed by atoms with Crippen molar-refractivity contribution in [3.05, 3.63) is 0 Å². The highest BCUT2D eigenvalue weighted by Crippen LogP contribution is 2.14. The molecule has 11 radical (unpaired) electrons. The minimum Gasteiger partial charge on any atom is -0.396 e. The lowest BCUT2D eigenvalue weighted by Gasteiger charge is -2.22. The topological polar surface area (TPSA) is 38.7 Å². The molecule has 1 saturated heterocycles. The van der Waals surface area contributed by atoms with Crippen LogP contribution in [0.5, 0.6) is 0 Å². The van der Waals surface area contributed by atoms with Crippen LogP contribution in [0.3, 0.4) is 0 Å². The third-order valence-electron chi connectivity index (χ3n) is 4.12. The number of hydrogen-bond donors (Lipinski definition) is 1. The largest absolute Gasteiger partial charge is 0.396 e. The molecule has 0 bridgehead atoms. The Balaban J connectivity index is 0. The van der Waals surface area contributed by atoms with Gasteiger partial charge in [-0.1, -0.05) is 44.7 Å². The van der Waals surface area contributed by atoms with E-state index in [1.165, 1.54) is 39.2 Å². The van der Waals surface area contributed by atoms with E-state index in [0.29, 0.717) is 6.61 Å². The average Bonchev–Trinajstić information content (AvgIpc) is 2.70. The van der Waals surface area contributed by atoms with Gasteiger partial charge < -0.3 is 14.6 Å². The van der Waals surface area contributed by atoms with Gasteiger partial charge in [0, 0.05) is 95.4 Å². The Morgan fingerprint density at radius 2 is 1.52 bits per heavy atom. The summed E-state index contributed by atoms with van der Waals surface area (Å²) in [5, 5.41) is 10.4. The van der Waals surface area contributed by atoms with Gasteiger partial charge in [0.1, 0.15) is 0 Å². The van der Waals surface area contributed by atoms with Gasteiger partial charge in [-0.2, -0.15) is 0 Å². The van der Waals surface area contributed by atoms with Crippen molar-refractivity contribution in [1.29, 1.82) is 0 Å². The van der Waals surface area contributed by atoms with Crippen LogP contribution in [0.15, 0.2) is 0 Å². The maximum atomic E-state index is 8.28. The zero-order valence-corrected chi connectivity index (χ0v) is 20.9. The normalized spacial score (nSPS) is 15.2. The molecule has 1 N–H and O–H groups in total. The molecule has 14 heteroatoms. The van der Waals surface area contributed by atoms with E-state index in [9.17, 15) is 0 Å². The van der Waals surface area contributed by atoms with Gasteiger partial charge in [-0.25, -0.2) is 0 Å². The van der Waals surface area contributed by atoms with Crippen molar-refractivity contribution in [2.75, 3.05) is 30.5 Å². The highest BCUT2D eigenvalue weighted by molar-refractivity contribution is 9.09. The Hall–Kier alpha value is 1.42. The summed E-state index contributed by atoms with van der Waals surface area (Å²) < 4.78 is 11.0. The van der Waals surface area contributed by atoms with Gasteiger partial charge in [-0.15, -0.1) is 0 Å². The van der Waals surface area contributed by atoms with Crippen molar-refractivity contribution in [2.45, 2.75) is 64.1 Å². The van der Waals surface area contributed by atoms with E-state index in [0.717, 1.165) is 49.6 Å². The molecule has 1 aliphatic rings. The number of ether oxygens (including phenoxy) is 2. The molecule has 0 amide bonds. The summed E-state index contributed by atoms with van der Waals surface area (Å²) in [5.41, 5.74) is 0. The molecule has 0 aliphatic carbocycles. The van der Waals surface area contributed by atoms with Gasteiger partial charge in [-0.05, 0) is 44.9 Å². The van der Waals surface area contributed by atoms with Crippen LogP contribution in [-0.4, -0.2) is 107 Å². The molecule has 1 atom stereocenters. The number of halogens is 2.